The number of hydrogen-bond donors (Lipinski definition) is 0. The van der Waals surface area contributed by atoms with Crippen molar-refractivity contribution in [3.63, 3.8) is 0 Å². The lowest BCUT2D eigenvalue weighted by Gasteiger charge is -2.41. The van der Waals surface area contributed by atoms with E-state index < -0.39 is 10.0 Å². The molecule has 2 saturated heterocycles. The molecule has 33 heavy (non-hydrogen) atoms. The second-order valence-electron chi connectivity index (χ2n) is 8.56. The number of nitrogens with zero attached hydrogens (tertiary/aromatic N) is 3. The second kappa shape index (κ2) is 9.59. The summed E-state index contributed by atoms with van der Waals surface area (Å²) < 4.78 is 41.4. The third kappa shape index (κ3) is 4.65. The molecule has 2 fully saturated rings. The zero-order valence-corrected chi connectivity index (χ0v) is 21.5. The summed E-state index contributed by atoms with van der Waals surface area (Å²) in [5, 5.41) is 0.552. The van der Waals surface area contributed by atoms with Crippen LogP contribution in [0.4, 0.5) is 10.1 Å². The molecule has 0 atom stereocenters. The topological polar surface area (TPSA) is 43.9 Å². The third-order valence-electron chi connectivity index (χ3n) is 6.56. The fourth-order valence-electron chi connectivity index (χ4n) is 4.87. The maximum absolute atomic E-state index is 13.4. The van der Waals surface area contributed by atoms with Crippen molar-refractivity contribution in [2.75, 3.05) is 62.2 Å². The average Bonchev–Trinajstić information content (AvgIpc) is 3.27. The van der Waals surface area contributed by atoms with Crippen LogP contribution in [0.5, 0.6) is 0 Å². The first-order chi connectivity index (χ1) is 15.9. The molecule has 1 spiro atoms. The minimum Gasteiger partial charge on any atom is -0.369 e. The van der Waals surface area contributed by atoms with Crippen LogP contribution in [0.1, 0.15) is 12.0 Å². The Balaban J connectivity index is 1.21. The Morgan fingerprint density at radius 3 is 2.36 bits per heavy atom. The highest BCUT2D eigenvalue weighted by molar-refractivity contribution is 8.20. The van der Waals surface area contributed by atoms with Gasteiger partial charge >= 0.3 is 0 Å². The summed E-state index contributed by atoms with van der Waals surface area (Å²) in [5.74, 6) is 1.79. The first kappa shape index (κ1) is 23.8. The molecule has 5 rings (SSSR count). The van der Waals surface area contributed by atoms with Crippen molar-refractivity contribution in [1.29, 1.82) is 0 Å². The molecule has 0 bridgehead atoms. The van der Waals surface area contributed by atoms with Gasteiger partial charge in [-0.25, -0.2) is 12.8 Å². The van der Waals surface area contributed by atoms with Crippen LogP contribution in [0.2, 0.25) is 5.02 Å². The minimum atomic E-state index is -3.56. The molecule has 2 aromatic carbocycles. The third-order valence-corrected chi connectivity index (χ3v) is 12.1. The van der Waals surface area contributed by atoms with Crippen LogP contribution in [-0.4, -0.2) is 74.9 Å². The summed E-state index contributed by atoms with van der Waals surface area (Å²) in [6.45, 7) is 5.44. The van der Waals surface area contributed by atoms with Gasteiger partial charge in [-0.3, -0.25) is 4.90 Å². The summed E-state index contributed by atoms with van der Waals surface area (Å²) in [4.78, 5) is 5.02. The van der Waals surface area contributed by atoms with Gasteiger partial charge in [0.05, 0.1) is 4.90 Å². The van der Waals surface area contributed by atoms with Crippen molar-refractivity contribution in [2.45, 2.75) is 15.4 Å². The fourth-order valence-corrected chi connectivity index (χ4v) is 10.8. The number of piperazine rings is 1. The molecule has 0 unspecified atom stereocenters. The van der Waals surface area contributed by atoms with E-state index in [-0.39, 0.29) is 9.90 Å². The molecule has 3 aliphatic heterocycles. The number of thioether (sulfide) groups is 2. The molecule has 0 N–H and O–H groups in total. The monoisotopic (exact) mass is 527 g/mol. The van der Waals surface area contributed by atoms with Crippen LogP contribution in [0.3, 0.4) is 0 Å². The van der Waals surface area contributed by atoms with Crippen LogP contribution in [0.25, 0.3) is 0 Å². The number of rotatable bonds is 5. The number of benzene rings is 2. The van der Waals surface area contributed by atoms with Crippen molar-refractivity contribution in [3.05, 3.63) is 58.9 Å². The molecule has 0 amide bonds. The second-order valence-corrected chi connectivity index (χ2v) is 13.9. The highest BCUT2D eigenvalue weighted by Gasteiger charge is 2.50. The highest BCUT2D eigenvalue weighted by Crippen LogP contribution is 2.58. The summed E-state index contributed by atoms with van der Waals surface area (Å²) in [6, 6.07) is 11.9. The average molecular weight is 528 g/mol. The van der Waals surface area contributed by atoms with Crippen LogP contribution in [0.15, 0.2) is 47.4 Å². The van der Waals surface area contributed by atoms with E-state index in [1.165, 1.54) is 12.1 Å². The van der Waals surface area contributed by atoms with Gasteiger partial charge in [0.25, 0.3) is 0 Å². The smallest absolute Gasteiger partial charge is 0.243 e. The van der Waals surface area contributed by atoms with E-state index in [9.17, 15) is 12.8 Å². The fraction of sp³-hybridized carbons (Fsp3) is 0.478. The lowest BCUT2D eigenvalue weighted by molar-refractivity contribution is 0.244. The van der Waals surface area contributed by atoms with Crippen molar-refractivity contribution in [3.8, 4) is 0 Å². The minimum absolute atomic E-state index is 0.217. The van der Waals surface area contributed by atoms with Gasteiger partial charge in [0.15, 0.2) is 0 Å². The van der Waals surface area contributed by atoms with E-state index in [2.05, 4.69) is 9.80 Å². The van der Waals surface area contributed by atoms with Crippen LogP contribution < -0.4 is 4.90 Å². The first-order valence-corrected chi connectivity index (χ1v) is 15.0. The Bertz CT molecular complexity index is 1100. The van der Waals surface area contributed by atoms with E-state index in [4.69, 9.17) is 11.6 Å². The normalized spacial score (nSPS) is 22.5. The molecular formula is C23H27ClFN3O2S3. The Kier molecular flexibility index (Phi) is 6.90. The number of halogens is 2. The van der Waals surface area contributed by atoms with E-state index in [1.54, 1.807) is 22.5 Å². The van der Waals surface area contributed by atoms with Gasteiger partial charge in [-0.15, -0.1) is 23.5 Å². The van der Waals surface area contributed by atoms with Gasteiger partial charge in [0.2, 0.25) is 10.0 Å². The van der Waals surface area contributed by atoms with Crippen molar-refractivity contribution >= 4 is 50.8 Å². The van der Waals surface area contributed by atoms with E-state index in [0.717, 1.165) is 61.9 Å². The SMILES string of the molecule is O=S1(=O)c2cccc(Cl)c2C2(CN1CCCN1CCN(c3ccc(F)cc3)CC1)SCCS2. The number of hydrogen-bond acceptors (Lipinski definition) is 6. The highest BCUT2D eigenvalue weighted by atomic mass is 35.5. The number of sulfonamides is 1. The van der Waals surface area contributed by atoms with Gasteiger partial charge in [0, 0.05) is 67.0 Å². The molecule has 5 nitrogen and oxygen atoms in total. The van der Waals surface area contributed by atoms with Gasteiger partial charge < -0.3 is 4.90 Å². The van der Waals surface area contributed by atoms with E-state index in [0.29, 0.717) is 23.0 Å². The van der Waals surface area contributed by atoms with E-state index >= 15 is 0 Å². The zero-order valence-electron chi connectivity index (χ0n) is 18.3. The van der Waals surface area contributed by atoms with Gasteiger partial charge in [0.1, 0.15) is 9.90 Å². The van der Waals surface area contributed by atoms with Gasteiger partial charge in [-0.05, 0) is 49.4 Å². The number of fused-ring (bicyclic) bond motifs is 2. The Labute approximate surface area is 208 Å². The quantitative estimate of drug-likeness (QED) is 0.577. The standard InChI is InChI=1S/C23H27ClFN3O2S3/c24-20-3-1-4-21-22(20)23(31-15-16-32-23)17-28(33(21,29)30)10-2-9-26-11-13-27(14-12-26)19-7-5-18(25)6-8-19/h1,3-8H,2,9-17H2. The molecule has 3 heterocycles. The Morgan fingerprint density at radius 2 is 1.67 bits per heavy atom. The maximum Gasteiger partial charge on any atom is 0.243 e. The largest absolute Gasteiger partial charge is 0.369 e. The summed E-state index contributed by atoms with van der Waals surface area (Å²) in [5.41, 5.74) is 1.83. The zero-order chi connectivity index (χ0) is 23.1. The predicted octanol–water partition coefficient (Wildman–Crippen LogP) is 4.33. The van der Waals surface area contributed by atoms with Gasteiger partial charge in [-0.2, -0.15) is 4.31 Å². The molecule has 10 heteroatoms. The van der Waals surface area contributed by atoms with Crippen LogP contribution >= 0.6 is 35.1 Å². The molecule has 0 saturated carbocycles. The summed E-state index contributed by atoms with van der Waals surface area (Å²) in [7, 11) is -3.56. The van der Waals surface area contributed by atoms with Crippen molar-refractivity contribution < 1.29 is 12.8 Å². The molecule has 2 aromatic rings. The molecular weight excluding hydrogens is 501 g/mol. The van der Waals surface area contributed by atoms with Crippen molar-refractivity contribution in [2.24, 2.45) is 0 Å². The molecule has 0 aromatic heterocycles. The maximum atomic E-state index is 13.4. The molecule has 178 valence electrons. The predicted molar refractivity (Wildman–Crippen MR) is 136 cm³/mol. The summed E-state index contributed by atoms with van der Waals surface area (Å²) in [6.07, 6.45) is 0.789. The Morgan fingerprint density at radius 1 is 0.970 bits per heavy atom. The molecule has 3 aliphatic rings. The lowest BCUT2D eigenvalue weighted by atomic mass is 10.1. The van der Waals surface area contributed by atoms with Gasteiger partial charge in [-0.1, -0.05) is 17.7 Å². The molecule has 0 radical (unpaired) electrons. The van der Waals surface area contributed by atoms with Crippen LogP contribution in [-0.2, 0) is 14.1 Å². The van der Waals surface area contributed by atoms with E-state index in [1.807, 2.05) is 35.7 Å². The Hall–Kier alpha value is -0.970. The van der Waals surface area contributed by atoms with Crippen molar-refractivity contribution in [1.82, 2.24) is 9.21 Å². The summed E-state index contributed by atoms with van der Waals surface area (Å²) >= 11 is 10.2. The first-order valence-electron chi connectivity index (χ1n) is 11.2. The molecule has 0 aliphatic carbocycles. The van der Waals surface area contributed by atoms with Crippen LogP contribution in [0, 0.1) is 5.82 Å². The lowest BCUT2D eigenvalue weighted by Crippen LogP contribution is -2.48. The number of anilines is 1.